The smallest absolute Gasteiger partial charge is 0.317 e. The summed E-state index contributed by atoms with van der Waals surface area (Å²) in [5.74, 6) is 0.357. The minimum absolute atomic E-state index is 0.0154. The highest BCUT2D eigenvalue weighted by Gasteiger charge is 2.21. The number of nitrogens with one attached hydrogen (secondary N) is 1. The van der Waals surface area contributed by atoms with E-state index in [2.05, 4.69) is 48.3 Å². The number of carbonyl (C=O) groups excluding carboxylic acids is 1. The number of aliphatic hydroxyl groups excluding tert-OH is 1. The molecule has 0 atom stereocenters. The summed E-state index contributed by atoms with van der Waals surface area (Å²) in [7, 11) is 0. The molecule has 1 heterocycles. The monoisotopic (exact) mass is 319 g/mol. The summed E-state index contributed by atoms with van der Waals surface area (Å²) in [4.78, 5) is 16.3. The van der Waals surface area contributed by atoms with Crippen molar-refractivity contribution in [3.8, 4) is 0 Å². The quantitative estimate of drug-likeness (QED) is 0.845. The van der Waals surface area contributed by atoms with Crippen LogP contribution in [0.5, 0.6) is 0 Å². The van der Waals surface area contributed by atoms with Gasteiger partial charge in [0.1, 0.15) is 0 Å². The predicted octanol–water partition coefficient (Wildman–Crippen LogP) is 2.24. The van der Waals surface area contributed by atoms with Gasteiger partial charge in [-0.2, -0.15) is 0 Å². The molecule has 5 heteroatoms. The number of aryl methyl sites for hydroxylation is 1. The number of carbonyl (C=O) groups is 1. The minimum atomic E-state index is 0.0154. The van der Waals surface area contributed by atoms with Crippen molar-refractivity contribution in [2.45, 2.75) is 26.7 Å². The lowest BCUT2D eigenvalue weighted by atomic mass is 9.98. The maximum atomic E-state index is 12.2. The van der Waals surface area contributed by atoms with Gasteiger partial charge in [-0.25, -0.2) is 4.79 Å². The molecule has 0 bridgehead atoms. The molecule has 0 saturated carbocycles. The van der Waals surface area contributed by atoms with Crippen molar-refractivity contribution in [1.29, 1.82) is 0 Å². The van der Waals surface area contributed by atoms with Crippen LogP contribution in [-0.4, -0.2) is 55.4 Å². The molecule has 5 nitrogen and oxygen atoms in total. The Labute approximate surface area is 139 Å². The molecule has 0 radical (unpaired) electrons. The first-order valence-electron chi connectivity index (χ1n) is 8.59. The van der Waals surface area contributed by atoms with Gasteiger partial charge in [0.05, 0.1) is 0 Å². The van der Waals surface area contributed by atoms with Gasteiger partial charge in [0.15, 0.2) is 0 Å². The van der Waals surface area contributed by atoms with Crippen LogP contribution in [0.2, 0.25) is 0 Å². The standard InChI is InChI=1S/C18H29N3O2/c1-3-20(17-6-4-5-15(2)13-17)12-9-19-18(23)21-10-7-16(14-22)8-11-21/h4-6,13,16,22H,3,7-12,14H2,1-2H3,(H,19,23). The van der Waals surface area contributed by atoms with Crippen LogP contribution in [0.1, 0.15) is 25.3 Å². The van der Waals surface area contributed by atoms with Gasteiger partial charge < -0.3 is 20.2 Å². The normalized spacial score (nSPS) is 15.5. The summed E-state index contributed by atoms with van der Waals surface area (Å²) in [6, 6.07) is 8.46. The van der Waals surface area contributed by atoms with Crippen molar-refractivity contribution < 1.29 is 9.90 Å². The van der Waals surface area contributed by atoms with Crippen molar-refractivity contribution >= 4 is 11.7 Å². The van der Waals surface area contributed by atoms with Crippen LogP contribution in [-0.2, 0) is 0 Å². The second kappa shape index (κ2) is 8.77. The molecule has 0 spiro atoms. The number of likely N-dealkylation sites (tertiary alicyclic amines) is 1. The number of nitrogens with zero attached hydrogens (tertiary/aromatic N) is 2. The number of hydrogen-bond acceptors (Lipinski definition) is 3. The average molecular weight is 319 g/mol. The topological polar surface area (TPSA) is 55.8 Å². The van der Waals surface area contributed by atoms with Gasteiger partial charge in [0, 0.05) is 45.0 Å². The second-order valence-electron chi connectivity index (χ2n) is 6.26. The summed E-state index contributed by atoms with van der Waals surface area (Å²) in [5.41, 5.74) is 2.45. The third-order valence-corrected chi connectivity index (χ3v) is 4.57. The van der Waals surface area contributed by atoms with Crippen LogP contribution in [0.15, 0.2) is 24.3 Å². The maximum Gasteiger partial charge on any atom is 0.317 e. The fourth-order valence-corrected chi connectivity index (χ4v) is 3.02. The fourth-order valence-electron chi connectivity index (χ4n) is 3.02. The molecule has 1 aromatic carbocycles. The van der Waals surface area contributed by atoms with Crippen LogP contribution in [0.25, 0.3) is 0 Å². The van der Waals surface area contributed by atoms with Gasteiger partial charge in [-0.1, -0.05) is 12.1 Å². The summed E-state index contributed by atoms with van der Waals surface area (Å²) in [6.07, 6.45) is 1.79. The maximum absolute atomic E-state index is 12.2. The molecule has 1 fully saturated rings. The van der Waals surface area contributed by atoms with Crippen molar-refractivity contribution in [3.05, 3.63) is 29.8 Å². The number of piperidine rings is 1. The Morgan fingerprint density at radius 2 is 2.13 bits per heavy atom. The first-order valence-corrected chi connectivity index (χ1v) is 8.59. The van der Waals surface area contributed by atoms with Crippen LogP contribution in [0.3, 0.4) is 0 Å². The zero-order chi connectivity index (χ0) is 16.7. The second-order valence-corrected chi connectivity index (χ2v) is 6.26. The van der Waals surface area contributed by atoms with Crippen LogP contribution < -0.4 is 10.2 Å². The van der Waals surface area contributed by atoms with Crippen LogP contribution in [0, 0.1) is 12.8 Å². The fraction of sp³-hybridized carbons (Fsp3) is 0.611. The Balaban J connectivity index is 1.76. The van der Waals surface area contributed by atoms with Gasteiger partial charge in [-0.05, 0) is 50.3 Å². The molecule has 1 aliphatic rings. The van der Waals surface area contributed by atoms with Gasteiger partial charge in [0.25, 0.3) is 0 Å². The highest BCUT2D eigenvalue weighted by atomic mass is 16.3. The first kappa shape index (κ1) is 17.6. The van der Waals surface area contributed by atoms with E-state index in [0.29, 0.717) is 12.5 Å². The predicted molar refractivity (Wildman–Crippen MR) is 93.8 cm³/mol. The number of urea groups is 1. The number of benzene rings is 1. The highest BCUT2D eigenvalue weighted by Crippen LogP contribution is 2.17. The SMILES string of the molecule is CCN(CCNC(=O)N1CCC(CO)CC1)c1cccc(C)c1. The molecule has 1 saturated heterocycles. The zero-order valence-electron chi connectivity index (χ0n) is 14.3. The molecule has 128 valence electrons. The van der Waals surface area contributed by atoms with Crippen molar-refractivity contribution in [1.82, 2.24) is 10.2 Å². The average Bonchev–Trinajstić information content (AvgIpc) is 2.58. The van der Waals surface area contributed by atoms with Gasteiger partial charge in [-0.15, -0.1) is 0 Å². The highest BCUT2D eigenvalue weighted by molar-refractivity contribution is 5.74. The van der Waals surface area contributed by atoms with E-state index < -0.39 is 0 Å². The van der Waals surface area contributed by atoms with Crippen molar-refractivity contribution in [2.24, 2.45) is 5.92 Å². The number of amides is 2. The number of likely N-dealkylation sites (N-methyl/N-ethyl adjacent to an activating group) is 1. The van der Waals surface area contributed by atoms with E-state index in [4.69, 9.17) is 5.11 Å². The Hall–Kier alpha value is -1.75. The summed E-state index contributed by atoms with van der Waals surface area (Å²) >= 11 is 0. The van der Waals surface area contributed by atoms with E-state index in [1.54, 1.807) is 0 Å². The number of rotatable bonds is 6. The van der Waals surface area contributed by atoms with Crippen LogP contribution >= 0.6 is 0 Å². The molecule has 2 rings (SSSR count). The summed E-state index contributed by atoms with van der Waals surface area (Å²) < 4.78 is 0. The summed E-state index contributed by atoms with van der Waals surface area (Å²) in [5, 5.41) is 12.2. The van der Waals surface area contributed by atoms with Crippen LogP contribution in [0.4, 0.5) is 10.5 Å². The van der Waals surface area contributed by atoms with Crippen molar-refractivity contribution in [3.63, 3.8) is 0 Å². The van der Waals surface area contributed by atoms with E-state index in [0.717, 1.165) is 39.0 Å². The molecule has 1 aromatic rings. The number of hydrogen-bond donors (Lipinski definition) is 2. The number of anilines is 1. The zero-order valence-corrected chi connectivity index (χ0v) is 14.3. The molecular weight excluding hydrogens is 290 g/mol. The largest absolute Gasteiger partial charge is 0.396 e. The summed E-state index contributed by atoms with van der Waals surface area (Å²) in [6.45, 7) is 8.30. The van der Waals surface area contributed by atoms with Gasteiger partial charge in [0.2, 0.25) is 0 Å². The van der Waals surface area contributed by atoms with Crippen molar-refractivity contribution in [2.75, 3.05) is 44.2 Å². The van der Waals surface area contributed by atoms with Gasteiger partial charge >= 0.3 is 6.03 Å². The van der Waals surface area contributed by atoms with E-state index in [9.17, 15) is 4.79 Å². The molecule has 0 unspecified atom stereocenters. The van der Waals surface area contributed by atoms with E-state index in [1.165, 1.54) is 11.3 Å². The molecule has 2 N–H and O–H groups in total. The third-order valence-electron chi connectivity index (χ3n) is 4.57. The first-order chi connectivity index (χ1) is 11.1. The Kier molecular flexibility index (Phi) is 6.71. The molecular formula is C18H29N3O2. The lowest BCUT2D eigenvalue weighted by Crippen LogP contribution is -2.46. The molecule has 1 aliphatic heterocycles. The Morgan fingerprint density at radius 3 is 2.74 bits per heavy atom. The lowest BCUT2D eigenvalue weighted by molar-refractivity contribution is 0.137. The van der Waals surface area contributed by atoms with Gasteiger partial charge in [-0.3, -0.25) is 0 Å². The third kappa shape index (κ3) is 5.13. The Morgan fingerprint density at radius 1 is 1.39 bits per heavy atom. The molecule has 0 aliphatic carbocycles. The molecule has 23 heavy (non-hydrogen) atoms. The minimum Gasteiger partial charge on any atom is -0.396 e. The molecule has 2 amide bonds. The van der Waals surface area contributed by atoms with E-state index >= 15 is 0 Å². The van der Waals surface area contributed by atoms with E-state index in [-0.39, 0.29) is 12.6 Å². The number of aliphatic hydroxyl groups is 1. The molecule has 0 aromatic heterocycles. The lowest BCUT2D eigenvalue weighted by Gasteiger charge is -2.31. The van der Waals surface area contributed by atoms with E-state index in [1.807, 2.05) is 4.90 Å². The Bertz CT molecular complexity index is 499.